The average Bonchev–Trinajstić information content (AvgIpc) is 2.38. The lowest BCUT2D eigenvalue weighted by Gasteiger charge is -2.11. The summed E-state index contributed by atoms with van der Waals surface area (Å²) < 4.78 is 0. The van der Waals surface area contributed by atoms with Gasteiger partial charge in [-0.05, 0) is 35.7 Å². The normalized spacial score (nSPS) is 11.0. The number of nitrogens with one attached hydrogen (secondary N) is 1. The summed E-state index contributed by atoms with van der Waals surface area (Å²) in [5.41, 5.74) is 4.55. The second kappa shape index (κ2) is 6.18. The van der Waals surface area contributed by atoms with Crippen molar-refractivity contribution in [3.63, 3.8) is 0 Å². The lowest BCUT2D eigenvalue weighted by molar-refractivity contribution is 0.589. The molecule has 2 rings (SSSR count). The van der Waals surface area contributed by atoms with Gasteiger partial charge in [0.25, 0.3) is 0 Å². The third-order valence-electron chi connectivity index (χ3n) is 3.06. The maximum absolute atomic E-state index is 6.40. The summed E-state index contributed by atoms with van der Waals surface area (Å²) in [5.74, 6) is 0. The number of nitrogens with zero attached hydrogens (tertiary/aromatic N) is 1. The van der Waals surface area contributed by atoms with Crippen LogP contribution in [0.3, 0.4) is 0 Å². The van der Waals surface area contributed by atoms with Gasteiger partial charge in [-0.25, -0.2) is 0 Å². The second-order valence-electron chi connectivity index (χ2n) is 5.04. The van der Waals surface area contributed by atoms with Crippen LogP contribution in [0.1, 0.15) is 25.0 Å². The molecule has 1 aromatic carbocycles. The van der Waals surface area contributed by atoms with Crippen LogP contribution in [0, 0.1) is 6.92 Å². The molecule has 1 heterocycles. The molecule has 0 saturated carbocycles. The van der Waals surface area contributed by atoms with Crippen molar-refractivity contribution in [2.45, 2.75) is 33.4 Å². The van der Waals surface area contributed by atoms with E-state index in [9.17, 15) is 0 Å². The smallest absolute Gasteiger partial charge is 0.0487 e. The largest absolute Gasteiger partial charge is 0.310 e. The Morgan fingerprint density at radius 3 is 2.63 bits per heavy atom. The van der Waals surface area contributed by atoms with Gasteiger partial charge in [-0.2, -0.15) is 0 Å². The highest BCUT2D eigenvalue weighted by atomic mass is 35.5. The molecule has 0 atom stereocenters. The fraction of sp³-hybridized carbons (Fsp3) is 0.312. The molecular formula is C16H19ClN2. The van der Waals surface area contributed by atoms with Gasteiger partial charge in [0.1, 0.15) is 0 Å². The van der Waals surface area contributed by atoms with E-state index in [1.54, 1.807) is 6.20 Å². The summed E-state index contributed by atoms with van der Waals surface area (Å²) >= 11 is 6.40. The molecule has 0 bridgehead atoms. The number of hydrogen-bond acceptors (Lipinski definition) is 2. The maximum Gasteiger partial charge on any atom is 0.0487 e. The van der Waals surface area contributed by atoms with Gasteiger partial charge in [-0.3, -0.25) is 4.98 Å². The van der Waals surface area contributed by atoms with Crippen LogP contribution in [-0.2, 0) is 6.54 Å². The first-order chi connectivity index (χ1) is 9.08. The Morgan fingerprint density at radius 2 is 2.00 bits per heavy atom. The Morgan fingerprint density at radius 1 is 1.21 bits per heavy atom. The van der Waals surface area contributed by atoms with Crippen molar-refractivity contribution in [3.8, 4) is 11.1 Å². The van der Waals surface area contributed by atoms with Crippen molar-refractivity contribution in [3.05, 3.63) is 52.8 Å². The van der Waals surface area contributed by atoms with E-state index in [-0.39, 0.29) is 0 Å². The van der Waals surface area contributed by atoms with Gasteiger partial charge in [0.15, 0.2) is 0 Å². The number of halogens is 1. The SMILES string of the molecule is Cc1cnccc1-c1ccc(CNC(C)C)cc1Cl. The molecule has 1 N–H and O–H groups in total. The van der Waals surface area contributed by atoms with E-state index in [0.717, 1.165) is 28.3 Å². The van der Waals surface area contributed by atoms with E-state index in [1.165, 1.54) is 5.56 Å². The average molecular weight is 275 g/mol. The summed E-state index contributed by atoms with van der Waals surface area (Å²) in [5, 5.41) is 4.18. The third kappa shape index (κ3) is 3.55. The van der Waals surface area contributed by atoms with Crippen molar-refractivity contribution < 1.29 is 0 Å². The topological polar surface area (TPSA) is 24.9 Å². The highest BCUT2D eigenvalue weighted by molar-refractivity contribution is 6.33. The van der Waals surface area contributed by atoms with Crippen LogP contribution in [0.15, 0.2) is 36.7 Å². The molecule has 0 saturated heterocycles. The van der Waals surface area contributed by atoms with Crippen molar-refractivity contribution >= 4 is 11.6 Å². The van der Waals surface area contributed by atoms with Crippen molar-refractivity contribution in [1.82, 2.24) is 10.3 Å². The number of hydrogen-bond donors (Lipinski definition) is 1. The number of benzene rings is 1. The molecule has 100 valence electrons. The number of pyridine rings is 1. The predicted molar refractivity (Wildman–Crippen MR) is 81.4 cm³/mol. The molecule has 3 heteroatoms. The van der Waals surface area contributed by atoms with E-state index in [1.807, 2.05) is 25.3 Å². The lowest BCUT2D eigenvalue weighted by atomic mass is 10.0. The molecule has 2 nitrogen and oxygen atoms in total. The van der Waals surface area contributed by atoms with Gasteiger partial charge in [0, 0.05) is 35.6 Å². The molecule has 0 aliphatic carbocycles. The molecule has 19 heavy (non-hydrogen) atoms. The molecule has 0 amide bonds. The minimum Gasteiger partial charge on any atom is -0.310 e. The van der Waals surface area contributed by atoms with Crippen LogP contribution < -0.4 is 5.32 Å². The Kier molecular flexibility index (Phi) is 4.56. The first-order valence-electron chi connectivity index (χ1n) is 6.50. The van der Waals surface area contributed by atoms with E-state index in [0.29, 0.717) is 6.04 Å². The maximum atomic E-state index is 6.40. The van der Waals surface area contributed by atoms with Gasteiger partial charge in [-0.1, -0.05) is 37.6 Å². The zero-order chi connectivity index (χ0) is 13.8. The van der Waals surface area contributed by atoms with Gasteiger partial charge < -0.3 is 5.32 Å². The summed E-state index contributed by atoms with van der Waals surface area (Å²) in [6.45, 7) is 7.16. The van der Waals surface area contributed by atoms with Gasteiger partial charge in [0.2, 0.25) is 0 Å². The van der Waals surface area contributed by atoms with Gasteiger partial charge >= 0.3 is 0 Å². The lowest BCUT2D eigenvalue weighted by Crippen LogP contribution is -2.21. The summed E-state index contributed by atoms with van der Waals surface area (Å²) in [6, 6.07) is 8.72. The summed E-state index contributed by atoms with van der Waals surface area (Å²) in [6.07, 6.45) is 3.66. The Hall–Kier alpha value is -1.38. The molecule has 1 aromatic heterocycles. The fourth-order valence-electron chi connectivity index (χ4n) is 1.98. The fourth-order valence-corrected chi connectivity index (χ4v) is 2.29. The molecule has 0 unspecified atom stereocenters. The van der Waals surface area contributed by atoms with Crippen LogP contribution in [0.5, 0.6) is 0 Å². The van der Waals surface area contributed by atoms with Crippen molar-refractivity contribution in [2.75, 3.05) is 0 Å². The van der Waals surface area contributed by atoms with Crippen LogP contribution in [0.25, 0.3) is 11.1 Å². The van der Waals surface area contributed by atoms with Crippen LogP contribution >= 0.6 is 11.6 Å². The molecular weight excluding hydrogens is 256 g/mol. The van der Waals surface area contributed by atoms with Crippen LogP contribution in [0.4, 0.5) is 0 Å². The highest BCUT2D eigenvalue weighted by Gasteiger charge is 2.07. The van der Waals surface area contributed by atoms with Crippen molar-refractivity contribution in [1.29, 1.82) is 0 Å². The molecule has 0 aliphatic heterocycles. The molecule has 2 aromatic rings. The number of rotatable bonds is 4. The second-order valence-corrected chi connectivity index (χ2v) is 5.45. The molecule has 0 spiro atoms. The zero-order valence-corrected chi connectivity index (χ0v) is 12.3. The zero-order valence-electron chi connectivity index (χ0n) is 11.6. The minimum atomic E-state index is 0.473. The first kappa shape index (κ1) is 14.0. The van der Waals surface area contributed by atoms with Crippen LogP contribution in [0.2, 0.25) is 5.02 Å². The Labute approximate surface area is 119 Å². The quantitative estimate of drug-likeness (QED) is 0.903. The number of aromatic nitrogens is 1. The summed E-state index contributed by atoms with van der Waals surface area (Å²) in [7, 11) is 0. The van der Waals surface area contributed by atoms with E-state index >= 15 is 0 Å². The van der Waals surface area contributed by atoms with E-state index in [4.69, 9.17) is 11.6 Å². The van der Waals surface area contributed by atoms with Gasteiger partial charge in [-0.15, -0.1) is 0 Å². The minimum absolute atomic E-state index is 0.473. The number of aryl methyl sites for hydroxylation is 1. The Balaban J connectivity index is 2.27. The monoisotopic (exact) mass is 274 g/mol. The van der Waals surface area contributed by atoms with Crippen molar-refractivity contribution in [2.24, 2.45) is 0 Å². The van der Waals surface area contributed by atoms with Crippen LogP contribution in [-0.4, -0.2) is 11.0 Å². The highest BCUT2D eigenvalue weighted by Crippen LogP contribution is 2.30. The first-order valence-corrected chi connectivity index (χ1v) is 6.88. The molecule has 0 aliphatic rings. The van der Waals surface area contributed by atoms with E-state index in [2.05, 4.69) is 36.3 Å². The van der Waals surface area contributed by atoms with E-state index < -0.39 is 0 Å². The summed E-state index contributed by atoms with van der Waals surface area (Å²) in [4.78, 5) is 4.11. The van der Waals surface area contributed by atoms with Gasteiger partial charge in [0.05, 0.1) is 0 Å². The molecule has 0 radical (unpaired) electrons. The standard InChI is InChI=1S/C16H19ClN2/c1-11(2)19-10-13-4-5-15(16(17)8-13)14-6-7-18-9-12(14)3/h4-9,11,19H,10H2,1-3H3. The molecule has 0 fully saturated rings. The third-order valence-corrected chi connectivity index (χ3v) is 3.37. The predicted octanol–water partition coefficient (Wildman–Crippen LogP) is 4.21. The Bertz CT molecular complexity index is 564.